The first-order chi connectivity index (χ1) is 36.2. The predicted molar refractivity (Wildman–Crippen MR) is 310 cm³/mol. The summed E-state index contributed by atoms with van der Waals surface area (Å²) in [6.07, 6.45) is 15.8. The van der Waals surface area contributed by atoms with Crippen LogP contribution in [0.2, 0.25) is 5.02 Å². The fourth-order valence-electron chi connectivity index (χ4n) is 13.5. The van der Waals surface area contributed by atoms with Crippen LogP contribution in [0, 0.1) is 23.5 Å². The number of aryl methyl sites for hydroxylation is 2. The number of piperidine rings is 2. The number of hydrogen-bond acceptors (Lipinski definition) is 7. The second kappa shape index (κ2) is 23.9. The number of allylic oxidation sites excluding steroid dienone is 1. The molecule has 2 aliphatic heterocycles. The van der Waals surface area contributed by atoms with Gasteiger partial charge in [-0.25, -0.2) is 8.78 Å². The van der Waals surface area contributed by atoms with E-state index in [9.17, 15) is 0 Å². The summed E-state index contributed by atoms with van der Waals surface area (Å²) in [6, 6.07) is 23.2. The number of nitrogens with one attached hydrogen (secondary N) is 2. The van der Waals surface area contributed by atoms with Gasteiger partial charge in [0.25, 0.3) is 0 Å². The summed E-state index contributed by atoms with van der Waals surface area (Å²) < 4.78 is 35.2. The minimum atomic E-state index is -0.538. The van der Waals surface area contributed by atoms with Gasteiger partial charge in [-0.05, 0) is 160 Å². The van der Waals surface area contributed by atoms with Crippen LogP contribution in [0.4, 0.5) is 14.6 Å². The third-order valence-corrected chi connectivity index (χ3v) is 18.5. The number of nitrogens with zero attached hydrogens (tertiary/aromatic N) is 5. The van der Waals surface area contributed by atoms with Crippen LogP contribution in [0.15, 0.2) is 111 Å². The van der Waals surface area contributed by atoms with Gasteiger partial charge in [0.2, 0.25) is 0 Å². The number of unbranched alkanes of at least 4 members (excludes halogenated alkanes) is 2. The first-order valence-corrected chi connectivity index (χ1v) is 28.5. The Morgan fingerprint density at radius 1 is 0.920 bits per heavy atom. The van der Waals surface area contributed by atoms with Gasteiger partial charge in [-0.1, -0.05) is 113 Å². The maximum Gasteiger partial charge on any atom is 0.158 e. The van der Waals surface area contributed by atoms with E-state index in [1.807, 2.05) is 16.8 Å². The Labute approximate surface area is 452 Å². The molecule has 1 saturated carbocycles. The lowest BCUT2D eigenvalue weighted by Crippen LogP contribution is -2.46. The number of rotatable bonds is 21. The molecule has 2 unspecified atom stereocenters. The average Bonchev–Trinajstić information content (AvgIpc) is 3.91. The second-order valence-electron chi connectivity index (χ2n) is 22.8. The van der Waals surface area contributed by atoms with E-state index in [0.29, 0.717) is 54.0 Å². The monoisotopic (exact) mass is 1040 g/mol. The normalized spacial score (nSPS) is 21.6. The van der Waals surface area contributed by atoms with Crippen molar-refractivity contribution in [1.82, 2.24) is 30.2 Å². The van der Waals surface area contributed by atoms with E-state index in [-0.39, 0.29) is 28.0 Å². The number of aromatic nitrogens is 2. The van der Waals surface area contributed by atoms with Crippen molar-refractivity contribution < 1.29 is 8.78 Å². The smallest absolute Gasteiger partial charge is 0.158 e. The molecule has 1 aromatic heterocycles. The predicted octanol–water partition coefficient (Wildman–Crippen LogP) is 13.8. The van der Waals surface area contributed by atoms with Crippen LogP contribution >= 0.6 is 11.6 Å². The molecular formula is C64H83ClF2N8. The fourth-order valence-corrected chi connectivity index (χ4v) is 13.8. The minimum absolute atomic E-state index is 0.0603. The van der Waals surface area contributed by atoms with Gasteiger partial charge in [0.15, 0.2) is 5.82 Å². The summed E-state index contributed by atoms with van der Waals surface area (Å²) >= 11 is 7.00. The van der Waals surface area contributed by atoms with Crippen LogP contribution in [0.3, 0.4) is 0 Å². The Balaban J connectivity index is 0.778. The molecule has 2 aliphatic carbocycles. The van der Waals surface area contributed by atoms with Gasteiger partial charge in [-0.15, -0.1) is 0 Å². The Morgan fingerprint density at radius 3 is 2.35 bits per heavy atom. The van der Waals surface area contributed by atoms with Crippen LogP contribution in [-0.2, 0) is 25.3 Å². The van der Waals surface area contributed by atoms with Crippen LogP contribution in [0.1, 0.15) is 136 Å². The van der Waals surface area contributed by atoms with Crippen molar-refractivity contribution in [2.24, 2.45) is 24.6 Å². The van der Waals surface area contributed by atoms with Crippen LogP contribution in [0.25, 0.3) is 27.7 Å². The zero-order chi connectivity index (χ0) is 53.0. The molecule has 0 bridgehead atoms. The van der Waals surface area contributed by atoms with Crippen molar-refractivity contribution in [2.75, 3.05) is 57.8 Å². The van der Waals surface area contributed by atoms with Crippen LogP contribution < -0.4 is 21.3 Å². The van der Waals surface area contributed by atoms with Gasteiger partial charge in [0.05, 0.1) is 10.5 Å². The Morgan fingerprint density at radius 2 is 1.65 bits per heavy atom. The summed E-state index contributed by atoms with van der Waals surface area (Å²) in [5.74, 6) is 1.78. The molecule has 2 saturated heterocycles. The number of hydrogen-bond donors (Lipinski definition) is 3. The van der Waals surface area contributed by atoms with E-state index < -0.39 is 11.2 Å². The molecule has 3 heterocycles. The van der Waals surface area contributed by atoms with Crippen molar-refractivity contribution in [3.8, 4) is 11.1 Å². The van der Waals surface area contributed by atoms with E-state index in [2.05, 4.69) is 115 Å². The quantitative estimate of drug-likeness (QED) is 0.0632. The van der Waals surface area contributed by atoms with E-state index in [4.69, 9.17) is 29.0 Å². The maximum absolute atomic E-state index is 17.0. The highest BCUT2D eigenvalue weighted by Gasteiger charge is 2.48. The topological polar surface area (TPSA) is 77.6 Å². The minimum Gasteiger partial charge on any atom is -0.399 e. The maximum atomic E-state index is 17.0. The number of fused-ring (bicyclic) bond motifs is 2. The van der Waals surface area contributed by atoms with E-state index in [0.717, 1.165) is 113 Å². The molecule has 75 heavy (non-hydrogen) atoms. The number of halogens is 3. The molecule has 5 aromatic rings. The van der Waals surface area contributed by atoms with Gasteiger partial charge in [0.1, 0.15) is 11.6 Å². The number of anilines is 1. The first-order valence-electron chi connectivity index (χ1n) is 28.2. The molecule has 4 N–H and O–H groups in total. The molecule has 4 aliphatic rings. The molecule has 8 nitrogen and oxygen atoms in total. The second-order valence-corrected chi connectivity index (χ2v) is 23.1. The number of likely N-dealkylation sites (tertiary alicyclic amines) is 2. The number of nitrogens with two attached hydrogens (primary N) is 1. The summed E-state index contributed by atoms with van der Waals surface area (Å²) in [7, 11) is 4.16. The van der Waals surface area contributed by atoms with Crippen molar-refractivity contribution in [3.63, 3.8) is 0 Å². The molecule has 9 rings (SSSR count). The Bertz CT molecular complexity index is 2850. The summed E-state index contributed by atoms with van der Waals surface area (Å²) in [5.41, 5.74) is 15.8. The fraction of sp³-hybridized carbons (Fsp3) is 0.484. The first kappa shape index (κ1) is 54.4. The van der Waals surface area contributed by atoms with E-state index in [1.165, 1.54) is 60.0 Å². The molecule has 2 atom stereocenters. The third kappa shape index (κ3) is 11.5. The molecule has 400 valence electrons. The van der Waals surface area contributed by atoms with Crippen molar-refractivity contribution in [2.45, 2.75) is 127 Å². The van der Waals surface area contributed by atoms with Crippen LogP contribution in [0.5, 0.6) is 0 Å². The summed E-state index contributed by atoms with van der Waals surface area (Å²) in [5, 5.41) is 13.2. The van der Waals surface area contributed by atoms with Gasteiger partial charge in [0, 0.05) is 104 Å². The Kier molecular flexibility index (Phi) is 17.3. The molecule has 3 fully saturated rings. The average molecular weight is 1040 g/mol. The molecule has 4 aromatic carbocycles. The number of benzene rings is 4. The van der Waals surface area contributed by atoms with Crippen molar-refractivity contribution >= 4 is 34.0 Å². The summed E-state index contributed by atoms with van der Waals surface area (Å²) in [6.45, 7) is 28.2. The molecule has 0 radical (unpaired) electrons. The van der Waals surface area contributed by atoms with Gasteiger partial charge >= 0.3 is 0 Å². The largest absolute Gasteiger partial charge is 0.399 e. The zero-order valence-corrected chi connectivity index (χ0v) is 46.2. The highest BCUT2D eigenvalue weighted by molar-refractivity contribution is 6.34. The van der Waals surface area contributed by atoms with E-state index in [1.54, 1.807) is 18.3 Å². The lowest BCUT2D eigenvalue weighted by Gasteiger charge is -2.42. The molecule has 0 amide bonds. The summed E-state index contributed by atoms with van der Waals surface area (Å²) in [4.78, 5) is 7.55. The zero-order valence-electron chi connectivity index (χ0n) is 45.4. The molecule has 0 spiro atoms. The van der Waals surface area contributed by atoms with Crippen molar-refractivity contribution in [1.29, 1.82) is 0 Å². The third-order valence-electron chi connectivity index (χ3n) is 18.1. The van der Waals surface area contributed by atoms with Gasteiger partial charge < -0.3 is 31.1 Å². The van der Waals surface area contributed by atoms with Crippen LogP contribution in [-0.4, -0.2) is 78.5 Å². The highest BCUT2D eigenvalue weighted by atomic mass is 35.5. The Hall–Kier alpha value is -5.42. The standard InChI is InChI=1S/C64H83ClF2N8/c1-9-11-13-16-49-21-25-54(44(5)68)59(62(49)67)60-58-43(4)64(52-17-14-12-15-18-52,39-51(58)37-56(66)61(60)65)41-70-53-23-19-47(20-24-53)45(6)75-35-28-46(29-36-75)40-74-33-30-48(31-34-74)50-22-26-55-57(38-50)73(8)71-63(55)72(7)32-27-42(3)69-10-2/h10,12,14-15,17-18,21-22,25-26,37-38,43,46-48,53,69-70H,2-3,5-6,9,11,13,16,19-20,23-24,27-36,39-41,68H2,1,4,7-8H3. The molecule has 11 heteroatoms. The SMILES string of the molecule is C=CNC(=C)CCN(C)c1nn(C)c2cc(C3CCN(CC4CCN(C(=C)C5CCC(NCC6(c7ccccc7)Cc7cc(F)c(Cl)c(-c8c(C(=C)N)ccc(CCCCC)c8F)c7C6C)CC5)CC4)CC3)ccc12. The molecular weight excluding hydrogens is 954 g/mol. The highest BCUT2D eigenvalue weighted by Crippen LogP contribution is 2.55. The van der Waals surface area contributed by atoms with Gasteiger partial charge in [-0.3, -0.25) is 4.68 Å². The van der Waals surface area contributed by atoms with E-state index >= 15 is 8.78 Å². The lowest BCUT2D eigenvalue weighted by atomic mass is 9.70. The lowest BCUT2D eigenvalue weighted by molar-refractivity contribution is 0.132. The van der Waals surface area contributed by atoms with Crippen molar-refractivity contribution in [3.05, 3.63) is 161 Å². The van der Waals surface area contributed by atoms with Gasteiger partial charge in [-0.2, -0.15) is 5.10 Å².